The van der Waals surface area contributed by atoms with Gasteiger partial charge in [-0.3, -0.25) is 4.40 Å². The second-order valence-corrected chi connectivity index (χ2v) is 10.2. The Labute approximate surface area is 180 Å². The van der Waals surface area contributed by atoms with E-state index < -0.39 is 10.0 Å². The Morgan fingerprint density at radius 2 is 1.93 bits per heavy atom. The minimum Gasteiger partial charge on any atom is -0.495 e. The first-order chi connectivity index (χ1) is 14.4. The van der Waals surface area contributed by atoms with Crippen molar-refractivity contribution in [3.63, 3.8) is 0 Å². The summed E-state index contributed by atoms with van der Waals surface area (Å²) in [6.07, 6.45) is 3.63. The van der Waals surface area contributed by atoms with E-state index in [1.165, 1.54) is 11.4 Å². The van der Waals surface area contributed by atoms with E-state index in [9.17, 15) is 8.42 Å². The topological polar surface area (TPSA) is 80.0 Å². The molecule has 0 amide bonds. The molecule has 0 unspecified atom stereocenters. The summed E-state index contributed by atoms with van der Waals surface area (Å²) in [5.74, 6) is 1.20. The molecule has 0 bridgehead atoms. The summed E-state index contributed by atoms with van der Waals surface area (Å²) in [6, 6.07) is 7.04. The number of sulfonamides is 1. The molecule has 1 fully saturated rings. The molecule has 0 radical (unpaired) electrons. The van der Waals surface area contributed by atoms with Crippen molar-refractivity contribution in [1.29, 1.82) is 0 Å². The quantitative estimate of drug-likeness (QED) is 0.424. The van der Waals surface area contributed by atoms with Crippen LogP contribution in [0.2, 0.25) is 0 Å². The van der Waals surface area contributed by atoms with E-state index >= 15 is 0 Å². The minimum absolute atomic E-state index is 0.184. The lowest BCUT2D eigenvalue weighted by Gasteiger charge is -2.31. The molecule has 3 aromatic rings. The summed E-state index contributed by atoms with van der Waals surface area (Å²) in [6.45, 7) is 4.44. The van der Waals surface area contributed by atoms with Crippen molar-refractivity contribution in [1.82, 2.24) is 23.6 Å². The van der Waals surface area contributed by atoms with Gasteiger partial charge in [0.25, 0.3) is 0 Å². The molecule has 1 aliphatic rings. The third-order valence-corrected chi connectivity index (χ3v) is 7.94. The van der Waals surface area contributed by atoms with Gasteiger partial charge < -0.3 is 9.64 Å². The van der Waals surface area contributed by atoms with E-state index in [1.807, 2.05) is 23.7 Å². The molecule has 160 valence electrons. The first kappa shape index (κ1) is 21.1. The Kier molecular flexibility index (Phi) is 6.01. The monoisotopic (exact) mass is 447 g/mol. The van der Waals surface area contributed by atoms with Crippen molar-refractivity contribution in [3.05, 3.63) is 36.7 Å². The zero-order chi connectivity index (χ0) is 21.3. The van der Waals surface area contributed by atoms with Gasteiger partial charge in [-0.1, -0.05) is 24.8 Å². The van der Waals surface area contributed by atoms with Crippen LogP contribution in [0.3, 0.4) is 0 Å². The van der Waals surface area contributed by atoms with Gasteiger partial charge in [0.15, 0.2) is 5.16 Å². The molecule has 8 nitrogen and oxygen atoms in total. The van der Waals surface area contributed by atoms with Crippen LogP contribution in [0.25, 0.3) is 16.9 Å². The highest BCUT2D eigenvalue weighted by atomic mass is 32.2. The van der Waals surface area contributed by atoms with Crippen LogP contribution in [0.4, 0.5) is 0 Å². The fourth-order valence-electron chi connectivity index (χ4n) is 3.48. The number of fused-ring (bicyclic) bond motifs is 1. The van der Waals surface area contributed by atoms with Gasteiger partial charge in [0.2, 0.25) is 10.0 Å². The normalized spacial score (nSPS) is 16.2. The number of imidazole rings is 1. The van der Waals surface area contributed by atoms with Crippen molar-refractivity contribution in [3.8, 4) is 17.0 Å². The second kappa shape index (κ2) is 8.54. The first-order valence-corrected chi connectivity index (χ1v) is 12.2. The number of likely N-dealkylation sites (N-methyl/N-ethyl adjacent to an activating group) is 1. The lowest BCUT2D eigenvalue weighted by atomic mass is 10.1. The molecular weight excluding hydrogens is 422 g/mol. The molecule has 1 aliphatic heterocycles. The van der Waals surface area contributed by atoms with E-state index in [1.54, 1.807) is 36.2 Å². The van der Waals surface area contributed by atoms with E-state index in [-0.39, 0.29) is 4.90 Å². The van der Waals surface area contributed by atoms with Gasteiger partial charge in [-0.25, -0.2) is 18.4 Å². The van der Waals surface area contributed by atoms with Crippen LogP contribution in [0.15, 0.2) is 46.7 Å². The van der Waals surface area contributed by atoms with Crippen LogP contribution in [0, 0.1) is 0 Å². The molecule has 0 atom stereocenters. The highest BCUT2D eigenvalue weighted by molar-refractivity contribution is 7.99. The van der Waals surface area contributed by atoms with Crippen molar-refractivity contribution < 1.29 is 13.2 Å². The average Bonchev–Trinajstić information content (AvgIpc) is 3.23. The Bertz CT molecular complexity index is 1150. The Morgan fingerprint density at radius 3 is 2.63 bits per heavy atom. The highest BCUT2D eigenvalue weighted by Gasteiger charge is 2.30. The van der Waals surface area contributed by atoms with Crippen molar-refractivity contribution in [2.24, 2.45) is 0 Å². The molecule has 1 saturated heterocycles. The zero-order valence-electron chi connectivity index (χ0n) is 17.3. The summed E-state index contributed by atoms with van der Waals surface area (Å²) in [4.78, 5) is 11.5. The number of hydrogen-bond donors (Lipinski definition) is 0. The van der Waals surface area contributed by atoms with Crippen LogP contribution in [-0.4, -0.2) is 78.1 Å². The summed E-state index contributed by atoms with van der Waals surface area (Å²) in [5, 5.41) is 0.843. The van der Waals surface area contributed by atoms with E-state index in [4.69, 9.17) is 9.72 Å². The van der Waals surface area contributed by atoms with Crippen molar-refractivity contribution in [2.45, 2.75) is 17.0 Å². The van der Waals surface area contributed by atoms with Gasteiger partial charge in [0.1, 0.15) is 16.3 Å². The Morgan fingerprint density at radius 1 is 1.17 bits per heavy atom. The van der Waals surface area contributed by atoms with E-state index in [0.29, 0.717) is 31.9 Å². The molecular formula is C20H25N5O3S2. The molecule has 4 rings (SSSR count). The molecule has 1 aromatic carbocycles. The predicted octanol–water partition coefficient (Wildman–Crippen LogP) is 2.45. The minimum atomic E-state index is -3.63. The third kappa shape index (κ3) is 3.92. The summed E-state index contributed by atoms with van der Waals surface area (Å²) < 4.78 is 35.3. The first-order valence-electron chi connectivity index (χ1n) is 9.78. The number of ether oxygens (including phenoxy) is 1. The summed E-state index contributed by atoms with van der Waals surface area (Å²) in [7, 11) is -0.143. The number of thioether (sulfide) groups is 1. The van der Waals surface area contributed by atoms with Crippen LogP contribution < -0.4 is 4.74 Å². The molecule has 0 saturated carbocycles. The van der Waals surface area contributed by atoms with Gasteiger partial charge in [0, 0.05) is 50.2 Å². The lowest BCUT2D eigenvalue weighted by Crippen LogP contribution is -2.47. The number of hydrogen-bond acceptors (Lipinski definition) is 7. The maximum Gasteiger partial charge on any atom is 0.246 e. The number of aromatic nitrogens is 3. The summed E-state index contributed by atoms with van der Waals surface area (Å²) >= 11 is 1.63. The van der Waals surface area contributed by atoms with Crippen LogP contribution in [-0.2, 0) is 10.0 Å². The average molecular weight is 448 g/mol. The number of nitrogens with zero attached hydrogens (tertiary/aromatic N) is 5. The van der Waals surface area contributed by atoms with Crippen LogP contribution in [0.5, 0.6) is 5.75 Å². The molecule has 0 spiro atoms. The number of piperazine rings is 1. The fraction of sp³-hybridized carbons (Fsp3) is 0.400. The molecule has 2 aromatic heterocycles. The van der Waals surface area contributed by atoms with Crippen molar-refractivity contribution >= 4 is 27.4 Å². The molecule has 10 heteroatoms. The third-order valence-electron chi connectivity index (χ3n) is 5.17. The van der Waals surface area contributed by atoms with Gasteiger partial charge in [-0.2, -0.15) is 4.31 Å². The zero-order valence-corrected chi connectivity index (χ0v) is 18.9. The van der Waals surface area contributed by atoms with Crippen molar-refractivity contribution in [2.75, 3.05) is 46.1 Å². The van der Waals surface area contributed by atoms with Gasteiger partial charge in [-0.15, -0.1) is 0 Å². The fourth-order valence-corrected chi connectivity index (χ4v) is 5.75. The van der Waals surface area contributed by atoms with Gasteiger partial charge in [-0.05, 0) is 24.9 Å². The maximum absolute atomic E-state index is 13.2. The Hall–Kier alpha value is -2.14. The van der Waals surface area contributed by atoms with Gasteiger partial charge >= 0.3 is 0 Å². The van der Waals surface area contributed by atoms with E-state index in [0.717, 1.165) is 27.8 Å². The molecule has 30 heavy (non-hydrogen) atoms. The van der Waals surface area contributed by atoms with Gasteiger partial charge in [0.05, 0.1) is 12.8 Å². The Balaban J connectivity index is 1.73. The number of rotatable bonds is 6. The second-order valence-electron chi connectivity index (χ2n) is 7.09. The maximum atomic E-state index is 13.2. The smallest absolute Gasteiger partial charge is 0.246 e. The van der Waals surface area contributed by atoms with Crippen LogP contribution >= 0.6 is 11.8 Å². The lowest BCUT2D eigenvalue weighted by molar-refractivity contribution is 0.222. The number of methoxy groups -OCH3 is 1. The SMILES string of the molecule is CCSc1nc(-c2ccc(S(=O)(=O)N3CCN(C)CC3)c(OC)c2)cc2nccn12. The van der Waals surface area contributed by atoms with E-state index in [2.05, 4.69) is 16.8 Å². The molecule has 0 N–H and O–H groups in total. The highest BCUT2D eigenvalue weighted by Crippen LogP contribution is 2.33. The molecule has 3 heterocycles. The molecule has 0 aliphatic carbocycles. The predicted molar refractivity (Wildman–Crippen MR) is 118 cm³/mol. The van der Waals surface area contributed by atoms with Crippen LogP contribution in [0.1, 0.15) is 6.92 Å². The number of benzene rings is 1. The largest absolute Gasteiger partial charge is 0.495 e. The standard InChI is InChI=1S/C20H25N5O3S2/c1-4-29-20-22-16(14-19-21-7-8-25(19)20)15-5-6-18(17(13-15)28-3)30(26,27)24-11-9-23(2)10-12-24/h5-8,13-14H,4,9-12H2,1-3H3. The summed E-state index contributed by atoms with van der Waals surface area (Å²) in [5.41, 5.74) is 2.31.